The van der Waals surface area contributed by atoms with Crippen molar-refractivity contribution in [3.63, 3.8) is 0 Å². The topological polar surface area (TPSA) is 34.1 Å². The van der Waals surface area contributed by atoms with Gasteiger partial charge in [0.05, 0.1) is 0 Å². The molecule has 0 saturated carbocycles. The van der Waals surface area contributed by atoms with Gasteiger partial charge in [0.2, 0.25) is 0 Å². The lowest BCUT2D eigenvalue weighted by Crippen LogP contribution is -2.05. The van der Waals surface area contributed by atoms with Gasteiger partial charge in [0, 0.05) is 18.8 Å². The fourth-order valence-corrected chi connectivity index (χ4v) is 3.08. The number of rotatable bonds is 18. The first-order chi connectivity index (χ1) is 11.5. The molecule has 0 unspecified atom stereocenters. The van der Waals surface area contributed by atoms with Crippen LogP contribution in [0.3, 0.4) is 0 Å². The number of carbonyl (C=O) groups is 2. The van der Waals surface area contributed by atoms with Gasteiger partial charge in [-0.05, 0) is 19.8 Å². The quantitative estimate of drug-likeness (QED) is 0.251. The van der Waals surface area contributed by atoms with Crippen molar-refractivity contribution >= 4 is 11.6 Å². The highest BCUT2D eigenvalue weighted by atomic mass is 16.1. The average molecular weight is 339 g/mol. The molecule has 2 heteroatoms. The van der Waals surface area contributed by atoms with Gasteiger partial charge in [0.25, 0.3) is 0 Å². The van der Waals surface area contributed by atoms with Crippen molar-refractivity contribution in [2.24, 2.45) is 5.92 Å². The number of hydrogen-bond donors (Lipinski definition) is 0. The Morgan fingerprint density at radius 2 is 0.833 bits per heavy atom. The number of carbonyl (C=O) groups excluding carboxylic acids is 2. The van der Waals surface area contributed by atoms with Gasteiger partial charge in [-0.3, -0.25) is 4.79 Å². The van der Waals surface area contributed by atoms with Crippen molar-refractivity contribution in [2.45, 2.75) is 124 Å². The van der Waals surface area contributed by atoms with Gasteiger partial charge >= 0.3 is 0 Å². The van der Waals surface area contributed by atoms with Crippen molar-refractivity contribution in [1.29, 1.82) is 0 Å². The van der Waals surface area contributed by atoms with Gasteiger partial charge in [0.1, 0.15) is 11.6 Å². The van der Waals surface area contributed by atoms with Crippen molar-refractivity contribution < 1.29 is 9.59 Å². The molecule has 0 rings (SSSR count). The van der Waals surface area contributed by atoms with Crippen LogP contribution >= 0.6 is 0 Å². The molecule has 2 nitrogen and oxygen atoms in total. The molecule has 0 fully saturated rings. The van der Waals surface area contributed by atoms with Gasteiger partial charge in [-0.2, -0.15) is 0 Å². The van der Waals surface area contributed by atoms with Crippen LogP contribution in [0.15, 0.2) is 0 Å². The minimum atomic E-state index is 0.213. The summed E-state index contributed by atoms with van der Waals surface area (Å²) >= 11 is 0. The molecule has 0 aromatic rings. The monoisotopic (exact) mass is 338 g/mol. The summed E-state index contributed by atoms with van der Waals surface area (Å²) in [5, 5.41) is 0. The van der Waals surface area contributed by atoms with Gasteiger partial charge in [-0.15, -0.1) is 0 Å². The highest BCUT2D eigenvalue weighted by Crippen LogP contribution is 2.14. The summed E-state index contributed by atoms with van der Waals surface area (Å²) in [6.45, 7) is 5.68. The number of hydrogen-bond acceptors (Lipinski definition) is 2. The number of Topliss-reactive ketones (excluding diaryl/α,β-unsaturated/α-hetero) is 2. The molecule has 0 heterocycles. The van der Waals surface area contributed by atoms with E-state index in [1.165, 1.54) is 77.0 Å². The Labute approximate surface area is 151 Å². The second-order valence-corrected chi connectivity index (χ2v) is 7.77. The van der Waals surface area contributed by atoms with Crippen LogP contribution in [-0.4, -0.2) is 11.6 Å². The van der Waals surface area contributed by atoms with Crippen LogP contribution in [0.4, 0.5) is 0 Å². The van der Waals surface area contributed by atoms with E-state index in [0.717, 1.165) is 25.7 Å². The van der Waals surface area contributed by atoms with Crippen molar-refractivity contribution in [3.05, 3.63) is 0 Å². The molecule has 0 bridgehead atoms. The van der Waals surface area contributed by atoms with Crippen LogP contribution in [0, 0.1) is 5.92 Å². The lowest BCUT2D eigenvalue weighted by Gasteiger charge is -2.04. The SMILES string of the molecule is CC(=O)CCCCCCCCCCCCCCCCC(=O)C(C)C. The molecular formula is C22H42O2. The zero-order chi connectivity index (χ0) is 18.0. The van der Waals surface area contributed by atoms with Crippen LogP contribution in [0.1, 0.15) is 124 Å². The van der Waals surface area contributed by atoms with Crippen LogP contribution in [-0.2, 0) is 9.59 Å². The fraction of sp³-hybridized carbons (Fsp3) is 0.909. The van der Waals surface area contributed by atoms with Gasteiger partial charge < -0.3 is 4.79 Å². The standard InChI is InChI=1S/C22H42O2/c1-20(2)22(24)19-17-15-13-11-9-7-5-4-6-8-10-12-14-16-18-21(3)23/h20H,4-19H2,1-3H3. The Morgan fingerprint density at radius 3 is 1.12 bits per heavy atom. The van der Waals surface area contributed by atoms with E-state index in [1.54, 1.807) is 6.92 Å². The largest absolute Gasteiger partial charge is 0.300 e. The molecule has 0 atom stereocenters. The third-order valence-electron chi connectivity index (χ3n) is 4.85. The molecule has 0 aliphatic heterocycles. The lowest BCUT2D eigenvalue weighted by molar-refractivity contribution is -0.122. The van der Waals surface area contributed by atoms with E-state index < -0.39 is 0 Å². The van der Waals surface area contributed by atoms with E-state index in [0.29, 0.717) is 11.6 Å². The Balaban J connectivity index is 3.08. The molecule has 0 N–H and O–H groups in total. The van der Waals surface area contributed by atoms with Gasteiger partial charge in [-0.1, -0.05) is 90.9 Å². The molecule has 0 spiro atoms. The zero-order valence-corrected chi connectivity index (χ0v) is 16.7. The summed E-state index contributed by atoms with van der Waals surface area (Å²) in [6.07, 6.45) is 19.7. The van der Waals surface area contributed by atoms with Crippen molar-refractivity contribution in [3.8, 4) is 0 Å². The maximum atomic E-state index is 11.5. The Bertz CT molecular complexity index is 307. The fourth-order valence-electron chi connectivity index (χ4n) is 3.08. The maximum Gasteiger partial charge on any atom is 0.135 e. The highest BCUT2D eigenvalue weighted by molar-refractivity contribution is 5.80. The smallest absolute Gasteiger partial charge is 0.135 e. The van der Waals surface area contributed by atoms with E-state index in [9.17, 15) is 9.59 Å². The lowest BCUT2D eigenvalue weighted by atomic mass is 10.0. The first-order valence-electron chi connectivity index (χ1n) is 10.6. The second kappa shape index (κ2) is 17.2. The average Bonchev–Trinajstić information content (AvgIpc) is 2.53. The number of ketones is 2. The van der Waals surface area contributed by atoms with Crippen LogP contribution in [0.2, 0.25) is 0 Å². The second-order valence-electron chi connectivity index (χ2n) is 7.77. The maximum absolute atomic E-state index is 11.5. The molecular weight excluding hydrogens is 296 g/mol. The molecule has 0 radical (unpaired) electrons. The van der Waals surface area contributed by atoms with E-state index >= 15 is 0 Å². The summed E-state index contributed by atoms with van der Waals surface area (Å²) in [5.41, 5.74) is 0. The minimum absolute atomic E-state index is 0.213. The van der Waals surface area contributed by atoms with Gasteiger partial charge in [-0.25, -0.2) is 0 Å². The van der Waals surface area contributed by atoms with Crippen molar-refractivity contribution in [2.75, 3.05) is 0 Å². The summed E-state index contributed by atoms with van der Waals surface area (Å²) in [6, 6.07) is 0. The first kappa shape index (κ1) is 23.3. The predicted molar refractivity (Wildman–Crippen MR) is 104 cm³/mol. The zero-order valence-electron chi connectivity index (χ0n) is 16.7. The summed E-state index contributed by atoms with van der Waals surface area (Å²) in [4.78, 5) is 22.3. The van der Waals surface area contributed by atoms with E-state index in [1.807, 2.05) is 13.8 Å². The molecule has 142 valence electrons. The summed E-state index contributed by atoms with van der Waals surface area (Å²) < 4.78 is 0. The summed E-state index contributed by atoms with van der Waals surface area (Å²) in [7, 11) is 0. The molecule has 0 aliphatic carbocycles. The van der Waals surface area contributed by atoms with Crippen molar-refractivity contribution in [1.82, 2.24) is 0 Å². The van der Waals surface area contributed by atoms with Gasteiger partial charge in [0.15, 0.2) is 0 Å². The predicted octanol–water partition coefficient (Wildman–Crippen LogP) is 7.04. The minimum Gasteiger partial charge on any atom is -0.300 e. The first-order valence-corrected chi connectivity index (χ1v) is 10.6. The molecule has 0 saturated heterocycles. The summed E-state index contributed by atoms with van der Waals surface area (Å²) in [5.74, 6) is 0.971. The Hall–Kier alpha value is -0.660. The van der Waals surface area contributed by atoms with E-state index in [-0.39, 0.29) is 5.92 Å². The van der Waals surface area contributed by atoms with E-state index in [2.05, 4.69) is 0 Å². The third kappa shape index (κ3) is 17.7. The molecule has 0 aliphatic rings. The van der Waals surface area contributed by atoms with Crippen LogP contribution in [0.25, 0.3) is 0 Å². The highest BCUT2D eigenvalue weighted by Gasteiger charge is 2.05. The Morgan fingerprint density at radius 1 is 0.542 bits per heavy atom. The third-order valence-corrected chi connectivity index (χ3v) is 4.85. The normalized spacial score (nSPS) is 11.2. The Kier molecular flexibility index (Phi) is 16.7. The number of unbranched alkanes of at least 4 members (excludes halogenated alkanes) is 13. The van der Waals surface area contributed by atoms with E-state index in [4.69, 9.17) is 0 Å². The van der Waals surface area contributed by atoms with Crippen LogP contribution < -0.4 is 0 Å². The molecule has 0 amide bonds. The molecule has 0 aromatic heterocycles. The molecule has 0 aromatic carbocycles. The molecule has 24 heavy (non-hydrogen) atoms. The van der Waals surface area contributed by atoms with Crippen LogP contribution in [0.5, 0.6) is 0 Å².